The topological polar surface area (TPSA) is 85.8 Å². The summed E-state index contributed by atoms with van der Waals surface area (Å²) in [6.07, 6.45) is 6.56. The van der Waals surface area contributed by atoms with Gasteiger partial charge in [-0.2, -0.15) is 0 Å². The van der Waals surface area contributed by atoms with Crippen LogP contribution in [0.4, 0.5) is 0 Å². The van der Waals surface area contributed by atoms with Crippen LogP contribution in [0.3, 0.4) is 0 Å². The zero-order chi connectivity index (χ0) is 23.6. The summed E-state index contributed by atoms with van der Waals surface area (Å²) in [7, 11) is 0. The molecule has 9 heteroatoms. The second kappa shape index (κ2) is 13.3. The highest BCUT2D eigenvalue weighted by molar-refractivity contribution is 7.79. The number of unbranched alkanes of at least 4 members (excludes halogenated alkanes) is 1. The molecular formula is C24H36N4O3S2. The van der Waals surface area contributed by atoms with Crippen molar-refractivity contribution in [3.05, 3.63) is 35.3 Å². The van der Waals surface area contributed by atoms with Gasteiger partial charge in [0.05, 0.1) is 11.4 Å². The Morgan fingerprint density at radius 2 is 2.18 bits per heavy atom. The van der Waals surface area contributed by atoms with Gasteiger partial charge in [-0.25, -0.2) is 9.19 Å². The molecule has 1 fully saturated rings. The first-order chi connectivity index (χ1) is 16.0. The normalized spacial score (nSPS) is 16.7. The standard InChI is InChI=1S/C24H36N4O3S2/c1-3-11-27(12-4-5-13-28-14-6-9-25-18-23(28)29)19(2)16-20-7-8-21(17-22(20)33(30)31)24-26-10-15-32-24/h7-8,10,15,17,19,25H,3-6,9,11-14,16,18H2,1-2H3,(H,30,31). The number of thiazole rings is 1. The minimum Gasteiger partial charge on any atom is -0.342 e. The van der Waals surface area contributed by atoms with Gasteiger partial charge in [0.15, 0.2) is 11.1 Å². The van der Waals surface area contributed by atoms with Gasteiger partial charge in [0, 0.05) is 36.3 Å². The van der Waals surface area contributed by atoms with Gasteiger partial charge >= 0.3 is 0 Å². The monoisotopic (exact) mass is 492 g/mol. The van der Waals surface area contributed by atoms with Crippen molar-refractivity contribution in [1.82, 2.24) is 20.1 Å². The van der Waals surface area contributed by atoms with Crippen molar-refractivity contribution in [3.8, 4) is 10.6 Å². The van der Waals surface area contributed by atoms with E-state index in [1.165, 1.54) is 11.3 Å². The molecular weight excluding hydrogens is 456 g/mol. The maximum absolute atomic E-state index is 12.1. The van der Waals surface area contributed by atoms with Crippen molar-refractivity contribution in [3.63, 3.8) is 0 Å². The fraction of sp³-hybridized carbons (Fsp3) is 0.583. The van der Waals surface area contributed by atoms with Crippen molar-refractivity contribution in [2.75, 3.05) is 39.3 Å². The Balaban J connectivity index is 1.58. The lowest BCUT2D eigenvalue weighted by atomic mass is 10.0. The number of hydrogen-bond acceptors (Lipinski definition) is 6. The van der Waals surface area contributed by atoms with E-state index in [9.17, 15) is 13.6 Å². The number of rotatable bonds is 12. The van der Waals surface area contributed by atoms with Crippen LogP contribution in [0.2, 0.25) is 0 Å². The number of amides is 1. The third kappa shape index (κ3) is 7.68. The number of hydrogen-bond donors (Lipinski definition) is 2. The van der Waals surface area contributed by atoms with Crippen LogP contribution in [0.15, 0.2) is 34.7 Å². The first-order valence-electron chi connectivity index (χ1n) is 11.9. The quantitative estimate of drug-likeness (QED) is 0.348. The van der Waals surface area contributed by atoms with Gasteiger partial charge in [-0.3, -0.25) is 4.79 Å². The first-order valence-corrected chi connectivity index (χ1v) is 13.8. The number of benzene rings is 1. The molecule has 1 saturated heterocycles. The van der Waals surface area contributed by atoms with E-state index < -0.39 is 11.1 Å². The molecule has 2 heterocycles. The van der Waals surface area contributed by atoms with Crippen LogP contribution in [-0.4, -0.2) is 74.8 Å². The van der Waals surface area contributed by atoms with Crippen LogP contribution in [0, 0.1) is 0 Å². The fourth-order valence-corrected chi connectivity index (χ4v) is 5.59. The molecule has 0 spiro atoms. The van der Waals surface area contributed by atoms with Crippen molar-refractivity contribution >= 4 is 28.3 Å². The third-order valence-electron chi connectivity index (χ3n) is 6.12. The van der Waals surface area contributed by atoms with Crippen LogP contribution < -0.4 is 5.32 Å². The summed E-state index contributed by atoms with van der Waals surface area (Å²) in [5.74, 6) is 0.206. The van der Waals surface area contributed by atoms with Gasteiger partial charge in [0.25, 0.3) is 0 Å². The summed E-state index contributed by atoms with van der Waals surface area (Å²) in [6, 6.07) is 6.02. The maximum atomic E-state index is 12.1. The van der Waals surface area contributed by atoms with Crippen LogP contribution >= 0.6 is 11.3 Å². The molecule has 182 valence electrons. The second-order valence-electron chi connectivity index (χ2n) is 8.62. The molecule has 1 aliphatic heterocycles. The van der Waals surface area contributed by atoms with Crippen LogP contribution in [0.5, 0.6) is 0 Å². The van der Waals surface area contributed by atoms with E-state index in [4.69, 9.17) is 0 Å². The summed E-state index contributed by atoms with van der Waals surface area (Å²) >= 11 is -0.522. The number of carbonyl (C=O) groups is 1. The molecule has 0 aliphatic carbocycles. The van der Waals surface area contributed by atoms with E-state index >= 15 is 0 Å². The summed E-state index contributed by atoms with van der Waals surface area (Å²) in [4.78, 5) is 21.4. The largest absolute Gasteiger partial charge is 0.342 e. The van der Waals surface area contributed by atoms with E-state index in [1.54, 1.807) is 12.3 Å². The number of aromatic nitrogens is 1. The van der Waals surface area contributed by atoms with Gasteiger partial charge in [-0.1, -0.05) is 19.1 Å². The van der Waals surface area contributed by atoms with Gasteiger partial charge in [-0.15, -0.1) is 11.3 Å². The van der Waals surface area contributed by atoms with E-state index in [2.05, 4.69) is 29.0 Å². The zero-order valence-electron chi connectivity index (χ0n) is 19.7. The van der Waals surface area contributed by atoms with Crippen LogP contribution in [0.25, 0.3) is 10.6 Å². The molecule has 0 radical (unpaired) electrons. The van der Waals surface area contributed by atoms with E-state index in [1.807, 2.05) is 22.4 Å². The van der Waals surface area contributed by atoms with Crippen molar-refractivity contribution < 1.29 is 13.6 Å². The van der Waals surface area contributed by atoms with Crippen molar-refractivity contribution in [2.24, 2.45) is 0 Å². The predicted octanol–water partition coefficient (Wildman–Crippen LogP) is 3.64. The third-order valence-corrected chi connectivity index (χ3v) is 7.70. The molecule has 2 aromatic rings. The van der Waals surface area contributed by atoms with Gasteiger partial charge in [0.1, 0.15) is 5.01 Å². The molecule has 7 nitrogen and oxygen atoms in total. The van der Waals surface area contributed by atoms with Gasteiger partial charge in [-0.05, 0) is 70.3 Å². The lowest BCUT2D eigenvalue weighted by Crippen LogP contribution is -2.38. The molecule has 1 aliphatic rings. The van der Waals surface area contributed by atoms with E-state index in [0.717, 1.165) is 81.0 Å². The van der Waals surface area contributed by atoms with Gasteiger partial charge < -0.3 is 19.7 Å². The average molecular weight is 493 g/mol. The molecule has 1 aromatic carbocycles. The minimum atomic E-state index is -2.04. The Kier molecular flexibility index (Phi) is 10.5. The second-order valence-corrected chi connectivity index (χ2v) is 10.4. The minimum absolute atomic E-state index is 0.206. The highest BCUT2D eigenvalue weighted by Crippen LogP contribution is 2.27. The van der Waals surface area contributed by atoms with Crippen LogP contribution in [-0.2, 0) is 22.3 Å². The molecule has 2 atom stereocenters. The molecule has 0 bridgehead atoms. The SMILES string of the molecule is CCCN(CCCCN1CCCNCC1=O)C(C)Cc1ccc(-c2nccs2)cc1S(=O)O. The highest BCUT2D eigenvalue weighted by Gasteiger charge is 2.19. The van der Waals surface area contributed by atoms with E-state index in [0.29, 0.717) is 11.4 Å². The lowest BCUT2D eigenvalue weighted by molar-refractivity contribution is -0.129. The van der Waals surface area contributed by atoms with Crippen molar-refractivity contribution in [1.29, 1.82) is 0 Å². The average Bonchev–Trinajstić information content (AvgIpc) is 3.26. The Bertz CT molecular complexity index is 907. The van der Waals surface area contributed by atoms with Crippen molar-refractivity contribution in [2.45, 2.75) is 56.9 Å². The van der Waals surface area contributed by atoms with Crippen LogP contribution in [0.1, 0.15) is 45.1 Å². The maximum Gasteiger partial charge on any atom is 0.236 e. The summed E-state index contributed by atoms with van der Waals surface area (Å²) in [5.41, 5.74) is 1.79. The molecule has 2 unspecified atom stereocenters. The summed E-state index contributed by atoms with van der Waals surface area (Å²) in [6.45, 7) is 9.36. The van der Waals surface area contributed by atoms with Gasteiger partial charge in [0.2, 0.25) is 5.91 Å². The number of carbonyl (C=O) groups excluding carboxylic acids is 1. The molecule has 0 saturated carbocycles. The summed E-state index contributed by atoms with van der Waals surface area (Å²) < 4.78 is 22.0. The molecule has 33 heavy (non-hydrogen) atoms. The highest BCUT2D eigenvalue weighted by atomic mass is 32.2. The first kappa shape index (κ1) is 26.0. The summed E-state index contributed by atoms with van der Waals surface area (Å²) in [5, 5.41) is 5.93. The predicted molar refractivity (Wildman–Crippen MR) is 135 cm³/mol. The molecule has 3 rings (SSSR count). The Morgan fingerprint density at radius 3 is 2.91 bits per heavy atom. The fourth-order valence-electron chi connectivity index (χ4n) is 4.35. The Hall–Kier alpha value is -1.65. The Morgan fingerprint density at radius 1 is 1.33 bits per heavy atom. The molecule has 1 amide bonds. The smallest absolute Gasteiger partial charge is 0.236 e. The number of nitrogens with zero attached hydrogens (tertiary/aromatic N) is 3. The Labute approximate surface area is 203 Å². The zero-order valence-corrected chi connectivity index (χ0v) is 21.3. The number of nitrogens with one attached hydrogen (secondary N) is 1. The molecule has 1 aromatic heterocycles. The molecule has 2 N–H and O–H groups in total. The lowest BCUT2D eigenvalue weighted by Gasteiger charge is -2.30. The van der Waals surface area contributed by atoms with E-state index in [-0.39, 0.29) is 11.9 Å².